The molecule has 0 saturated heterocycles. The first-order valence-corrected chi connectivity index (χ1v) is 16.6. The molecule has 2 aromatic rings. The lowest BCUT2D eigenvalue weighted by molar-refractivity contribution is -0.141. The predicted molar refractivity (Wildman–Crippen MR) is 175 cm³/mol. The highest BCUT2D eigenvalue weighted by Gasteiger charge is 2.45. The number of nitrogens with zero attached hydrogens (tertiary/aromatic N) is 1. The van der Waals surface area contributed by atoms with Crippen molar-refractivity contribution in [1.82, 2.24) is 0 Å². The fourth-order valence-electron chi connectivity index (χ4n) is 7.35. The van der Waals surface area contributed by atoms with Crippen LogP contribution < -0.4 is 24.8 Å². The smallest absolute Gasteiger partial charge is 0.374 e. The van der Waals surface area contributed by atoms with E-state index >= 15 is 0 Å². The molecule has 1 fully saturated rings. The van der Waals surface area contributed by atoms with Gasteiger partial charge in [-0.15, -0.1) is 0 Å². The number of fused-ring (bicyclic) bond motifs is 3. The van der Waals surface area contributed by atoms with E-state index in [1.54, 1.807) is 19.9 Å². The molecule has 11 nitrogen and oxygen atoms in total. The van der Waals surface area contributed by atoms with Crippen LogP contribution in [0.5, 0.6) is 17.2 Å². The van der Waals surface area contributed by atoms with Crippen LogP contribution in [0.3, 0.4) is 0 Å². The second-order valence-electron chi connectivity index (χ2n) is 13.0. The molecule has 11 heteroatoms. The summed E-state index contributed by atoms with van der Waals surface area (Å²) in [5.41, 5.74) is 2.40. The Morgan fingerprint density at radius 2 is 1.94 bits per heavy atom. The van der Waals surface area contributed by atoms with Crippen LogP contribution in [0.4, 0.5) is 0 Å². The largest absolute Gasteiger partial charge is 0.496 e. The fraction of sp³-hybridized carbons (Fsp3) is 0.486. The SMILES string of the molecule is CCOC(=O)C1=CC(=C2CC(CO)C(=O)C(c3ccc4c(c3)=CCN=4)C2)c2c(OC)c3c(c(CO)c2O1)OC(C(C)(O)CCCCO)C3. The topological polar surface area (TPSA) is 164 Å². The molecule has 4 unspecified atom stereocenters. The normalized spacial score (nSPS) is 23.8. The van der Waals surface area contributed by atoms with E-state index in [-0.39, 0.29) is 50.0 Å². The van der Waals surface area contributed by atoms with Crippen molar-refractivity contribution in [3.8, 4) is 17.2 Å². The number of carbonyl (C=O) groups is 2. The van der Waals surface area contributed by atoms with Crippen molar-refractivity contribution < 1.29 is 49.0 Å². The van der Waals surface area contributed by atoms with Crippen molar-refractivity contribution in [1.29, 1.82) is 0 Å². The molecule has 0 aromatic heterocycles. The van der Waals surface area contributed by atoms with Crippen LogP contribution in [0.15, 0.2) is 40.6 Å². The Bertz CT molecular complexity index is 1810. The highest BCUT2D eigenvalue weighted by molar-refractivity contribution is 5.98. The number of benzene rings is 2. The Labute approximate surface area is 278 Å². The van der Waals surface area contributed by atoms with Crippen molar-refractivity contribution >= 4 is 23.4 Å². The number of hydrogen-bond acceptors (Lipinski definition) is 11. The maximum Gasteiger partial charge on any atom is 0.374 e. The molecule has 0 bridgehead atoms. The van der Waals surface area contributed by atoms with E-state index in [9.17, 15) is 30.0 Å². The number of hydrogen-bond donors (Lipinski definition) is 4. The molecule has 0 spiro atoms. The number of carbonyl (C=O) groups excluding carboxylic acids is 2. The lowest BCUT2D eigenvalue weighted by Gasteiger charge is -2.33. The van der Waals surface area contributed by atoms with E-state index in [0.717, 1.165) is 21.7 Å². The summed E-state index contributed by atoms with van der Waals surface area (Å²) in [5, 5.41) is 43.7. The van der Waals surface area contributed by atoms with Gasteiger partial charge in [-0.25, -0.2) is 4.79 Å². The van der Waals surface area contributed by atoms with Gasteiger partial charge in [-0.1, -0.05) is 17.7 Å². The number of esters is 1. The Balaban J connectivity index is 1.52. The summed E-state index contributed by atoms with van der Waals surface area (Å²) < 4.78 is 23.9. The molecule has 48 heavy (non-hydrogen) atoms. The molecule has 6 rings (SSSR count). The van der Waals surface area contributed by atoms with Gasteiger partial charge in [0.05, 0.1) is 55.6 Å². The van der Waals surface area contributed by atoms with E-state index in [4.69, 9.17) is 18.9 Å². The molecular weight excluding hydrogens is 618 g/mol. The van der Waals surface area contributed by atoms with Crippen LogP contribution in [-0.2, 0) is 27.4 Å². The van der Waals surface area contributed by atoms with Gasteiger partial charge in [0.1, 0.15) is 29.1 Å². The van der Waals surface area contributed by atoms with Crippen LogP contribution in [0.1, 0.15) is 74.1 Å². The monoisotopic (exact) mass is 661 g/mol. The number of methoxy groups -OCH3 is 1. The first-order chi connectivity index (χ1) is 23.1. The molecule has 4 atom stereocenters. The summed E-state index contributed by atoms with van der Waals surface area (Å²) in [6.07, 6.45) is 5.29. The van der Waals surface area contributed by atoms with E-state index in [2.05, 4.69) is 4.99 Å². The number of unbranched alkanes of at least 4 members (excludes halogenated alkanes) is 1. The summed E-state index contributed by atoms with van der Waals surface area (Å²) in [7, 11) is 1.52. The standard InChI is InChI=1S/C37H43NO10/c1-4-46-36(43)29-16-24(22-14-23(18-40)32(42)25(15-22)20-7-8-28-21(13-20)9-11-38-28)31-34(45-3)26-17-30(37(2,44)10-5-6-12-39)48-33(26)27(19-41)35(31)47-29/h7-9,13,16,23,25,30,39-41,44H,4-6,10-12,14-15,17-19H2,1-3H3. The van der Waals surface area contributed by atoms with Crippen LogP contribution in [0.25, 0.3) is 11.6 Å². The minimum atomic E-state index is -1.26. The number of ketones is 1. The fourth-order valence-corrected chi connectivity index (χ4v) is 7.35. The van der Waals surface area contributed by atoms with Gasteiger partial charge in [0, 0.05) is 30.4 Å². The molecule has 1 saturated carbocycles. The zero-order valence-electron chi connectivity index (χ0n) is 27.6. The van der Waals surface area contributed by atoms with Gasteiger partial charge >= 0.3 is 5.97 Å². The van der Waals surface area contributed by atoms with Crippen LogP contribution in [-0.4, -0.2) is 77.4 Å². The number of allylic oxidation sites excluding steroid dienone is 3. The molecule has 2 aromatic carbocycles. The van der Waals surface area contributed by atoms with Crippen LogP contribution in [0, 0.1) is 5.92 Å². The Morgan fingerprint density at radius 3 is 2.65 bits per heavy atom. The molecule has 0 amide bonds. The first-order valence-electron chi connectivity index (χ1n) is 16.6. The summed E-state index contributed by atoms with van der Waals surface area (Å²) in [5.74, 6) is -1.19. The molecule has 4 aliphatic rings. The second-order valence-corrected chi connectivity index (χ2v) is 13.0. The van der Waals surface area contributed by atoms with Gasteiger partial charge in [-0.3, -0.25) is 9.79 Å². The van der Waals surface area contributed by atoms with Crippen molar-refractivity contribution in [2.45, 2.75) is 76.6 Å². The average molecular weight is 662 g/mol. The van der Waals surface area contributed by atoms with E-state index in [0.29, 0.717) is 66.0 Å². The number of aliphatic hydroxyl groups excluding tert-OH is 3. The Morgan fingerprint density at radius 1 is 1.12 bits per heavy atom. The zero-order chi connectivity index (χ0) is 34.2. The summed E-state index contributed by atoms with van der Waals surface area (Å²) >= 11 is 0. The van der Waals surface area contributed by atoms with E-state index in [1.807, 2.05) is 24.3 Å². The maximum absolute atomic E-state index is 13.7. The van der Waals surface area contributed by atoms with Gasteiger partial charge in [-0.05, 0) is 80.5 Å². The van der Waals surface area contributed by atoms with Crippen LogP contribution >= 0.6 is 0 Å². The number of rotatable bonds is 11. The van der Waals surface area contributed by atoms with Crippen LogP contribution in [0.2, 0.25) is 0 Å². The number of Topliss-reactive ketones (excluding diaryl/α,β-unsaturated/α-hetero) is 1. The quantitative estimate of drug-likeness (QED) is 0.207. The molecule has 3 heterocycles. The number of ether oxygens (including phenoxy) is 4. The van der Waals surface area contributed by atoms with Crippen molar-refractivity contribution in [2.24, 2.45) is 10.9 Å². The second kappa shape index (κ2) is 13.8. The third-order valence-corrected chi connectivity index (χ3v) is 9.90. The van der Waals surface area contributed by atoms with Crippen molar-refractivity contribution in [3.63, 3.8) is 0 Å². The molecule has 256 valence electrons. The first kappa shape index (κ1) is 33.9. The molecular formula is C37H43NO10. The van der Waals surface area contributed by atoms with Gasteiger partial charge in [0.15, 0.2) is 0 Å². The number of aliphatic hydroxyl groups is 4. The Hall–Kier alpha value is -4.03. The average Bonchev–Trinajstić information content (AvgIpc) is 3.75. The van der Waals surface area contributed by atoms with E-state index < -0.39 is 36.1 Å². The Kier molecular flexibility index (Phi) is 9.76. The summed E-state index contributed by atoms with van der Waals surface area (Å²) in [6.45, 7) is 3.25. The van der Waals surface area contributed by atoms with E-state index in [1.165, 1.54) is 7.11 Å². The highest BCUT2D eigenvalue weighted by atomic mass is 16.6. The predicted octanol–water partition coefficient (Wildman–Crippen LogP) is 2.17. The minimum Gasteiger partial charge on any atom is -0.496 e. The summed E-state index contributed by atoms with van der Waals surface area (Å²) in [6, 6.07) is 5.80. The maximum atomic E-state index is 13.7. The van der Waals surface area contributed by atoms with Gasteiger partial charge in [-0.2, -0.15) is 0 Å². The van der Waals surface area contributed by atoms with Gasteiger partial charge in [0.25, 0.3) is 0 Å². The lowest BCUT2D eigenvalue weighted by atomic mass is 9.72. The third-order valence-electron chi connectivity index (χ3n) is 9.90. The minimum absolute atomic E-state index is 0.0198. The molecule has 1 aliphatic carbocycles. The van der Waals surface area contributed by atoms with Crippen molar-refractivity contribution in [2.75, 3.05) is 33.5 Å². The highest BCUT2D eigenvalue weighted by Crippen LogP contribution is 2.55. The van der Waals surface area contributed by atoms with Crippen molar-refractivity contribution in [3.05, 3.63) is 68.4 Å². The summed E-state index contributed by atoms with van der Waals surface area (Å²) in [4.78, 5) is 31.4. The molecule has 3 aliphatic heterocycles. The molecule has 0 radical (unpaired) electrons. The molecule has 4 N–H and O–H groups in total. The van der Waals surface area contributed by atoms with Gasteiger partial charge in [0.2, 0.25) is 5.76 Å². The lowest BCUT2D eigenvalue weighted by Crippen LogP contribution is -2.42. The third kappa shape index (κ3) is 6.04. The zero-order valence-corrected chi connectivity index (χ0v) is 27.6. The van der Waals surface area contributed by atoms with Gasteiger partial charge < -0.3 is 39.4 Å².